The third-order valence-electron chi connectivity index (χ3n) is 2.91. The van der Waals surface area contributed by atoms with Crippen LogP contribution in [-0.2, 0) is 19.9 Å². The first-order valence-electron chi connectivity index (χ1n) is 4.69. The fraction of sp³-hybridized carbons (Fsp3) is 0.667. The zero-order chi connectivity index (χ0) is 9.42. The monoisotopic (exact) mass is 181 g/mol. The molecule has 72 valence electrons. The van der Waals surface area contributed by atoms with E-state index in [1.54, 1.807) is 0 Å². The number of fused-ring (bicyclic) bond motifs is 1. The van der Waals surface area contributed by atoms with Gasteiger partial charge in [0.05, 0.1) is 0 Å². The molecule has 4 nitrogen and oxygen atoms in total. The van der Waals surface area contributed by atoms with Crippen LogP contribution in [0.5, 0.6) is 0 Å². The van der Waals surface area contributed by atoms with Crippen molar-refractivity contribution in [2.45, 2.75) is 19.3 Å². The molecular formula is C9H15N3O. The van der Waals surface area contributed by atoms with E-state index in [1.807, 2.05) is 11.7 Å². The second-order valence-electron chi connectivity index (χ2n) is 3.77. The van der Waals surface area contributed by atoms with E-state index in [4.69, 9.17) is 5.73 Å². The fourth-order valence-electron chi connectivity index (χ4n) is 2.08. The summed E-state index contributed by atoms with van der Waals surface area (Å²) in [5.74, 6) is 0.496. The number of H-pyrrole nitrogens is 1. The second-order valence-corrected chi connectivity index (χ2v) is 3.77. The molecule has 0 fully saturated rings. The van der Waals surface area contributed by atoms with Crippen molar-refractivity contribution in [1.82, 2.24) is 9.78 Å². The molecule has 0 saturated heterocycles. The predicted molar refractivity (Wildman–Crippen MR) is 50.6 cm³/mol. The van der Waals surface area contributed by atoms with Crippen molar-refractivity contribution >= 4 is 0 Å². The molecule has 0 aromatic carbocycles. The summed E-state index contributed by atoms with van der Waals surface area (Å²) < 4.78 is 1.84. The lowest BCUT2D eigenvalue weighted by Gasteiger charge is -2.20. The highest BCUT2D eigenvalue weighted by Gasteiger charge is 2.22. The number of nitrogens with two attached hydrogens (primary N) is 1. The largest absolute Gasteiger partial charge is 0.330 e. The number of rotatable bonds is 1. The Bertz CT molecular complexity index is 363. The van der Waals surface area contributed by atoms with Gasteiger partial charge in [0.25, 0.3) is 5.56 Å². The molecule has 0 spiro atoms. The minimum Gasteiger partial charge on any atom is -0.330 e. The summed E-state index contributed by atoms with van der Waals surface area (Å²) in [6.07, 6.45) is 2.93. The molecular weight excluding hydrogens is 166 g/mol. The number of nitrogens with zero attached hydrogens (tertiary/aromatic N) is 1. The normalized spacial score (nSPS) is 21.5. The Morgan fingerprint density at radius 3 is 3.15 bits per heavy atom. The molecule has 1 heterocycles. The Morgan fingerprint density at radius 2 is 2.46 bits per heavy atom. The maximum Gasteiger partial charge on any atom is 0.267 e. The van der Waals surface area contributed by atoms with Crippen LogP contribution in [0, 0.1) is 5.92 Å². The molecule has 1 aromatic heterocycles. The van der Waals surface area contributed by atoms with Crippen LogP contribution in [0.1, 0.15) is 17.7 Å². The number of aromatic nitrogens is 2. The Morgan fingerprint density at radius 1 is 1.69 bits per heavy atom. The quantitative estimate of drug-likeness (QED) is 0.629. The van der Waals surface area contributed by atoms with Crippen LogP contribution >= 0.6 is 0 Å². The molecule has 1 atom stereocenters. The summed E-state index contributed by atoms with van der Waals surface area (Å²) >= 11 is 0. The minimum atomic E-state index is 0.0654. The van der Waals surface area contributed by atoms with Gasteiger partial charge in [-0.1, -0.05) is 0 Å². The van der Waals surface area contributed by atoms with Crippen molar-refractivity contribution in [3.05, 3.63) is 21.6 Å². The Hall–Kier alpha value is -1.03. The van der Waals surface area contributed by atoms with Gasteiger partial charge in [-0.2, -0.15) is 0 Å². The van der Waals surface area contributed by atoms with Gasteiger partial charge in [0.1, 0.15) is 0 Å². The lowest BCUT2D eigenvalue weighted by molar-refractivity contribution is 0.457. The molecule has 1 aliphatic carbocycles. The van der Waals surface area contributed by atoms with E-state index in [-0.39, 0.29) is 5.56 Å². The molecule has 0 bridgehead atoms. The number of aryl methyl sites for hydroxylation is 1. The van der Waals surface area contributed by atoms with Gasteiger partial charge in [0.15, 0.2) is 0 Å². The number of aromatic amines is 1. The van der Waals surface area contributed by atoms with Crippen LogP contribution < -0.4 is 11.3 Å². The van der Waals surface area contributed by atoms with Gasteiger partial charge in [0.2, 0.25) is 0 Å². The molecule has 0 saturated carbocycles. The molecule has 0 amide bonds. The van der Waals surface area contributed by atoms with Crippen molar-refractivity contribution in [2.24, 2.45) is 18.7 Å². The summed E-state index contributed by atoms with van der Waals surface area (Å²) in [6, 6.07) is 0. The van der Waals surface area contributed by atoms with Crippen molar-refractivity contribution in [2.75, 3.05) is 6.54 Å². The number of hydrogen-bond acceptors (Lipinski definition) is 2. The van der Waals surface area contributed by atoms with Gasteiger partial charge in [0, 0.05) is 18.3 Å². The average Bonchev–Trinajstić information content (AvgIpc) is 2.42. The van der Waals surface area contributed by atoms with E-state index in [2.05, 4.69) is 5.10 Å². The summed E-state index contributed by atoms with van der Waals surface area (Å²) in [6.45, 7) is 0.688. The Balaban J connectivity index is 2.39. The summed E-state index contributed by atoms with van der Waals surface area (Å²) in [5, 5.41) is 2.78. The third-order valence-corrected chi connectivity index (χ3v) is 2.91. The fourth-order valence-corrected chi connectivity index (χ4v) is 2.08. The summed E-state index contributed by atoms with van der Waals surface area (Å²) in [7, 11) is 1.89. The molecule has 1 aromatic rings. The van der Waals surface area contributed by atoms with Gasteiger partial charge in [-0.25, -0.2) is 0 Å². The minimum absolute atomic E-state index is 0.0654. The summed E-state index contributed by atoms with van der Waals surface area (Å²) in [5.41, 5.74) is 7.77. The van der Waals surface area contributed by atoms with Gasteiger partial charge >= 0.3 is 0 Å². The van der Waals surface area contributed by atoms with Crippen LogP contribution in [0.3, 0.4) is 0 Å². The van der Waals surface area contributed by atoms with Crippen LogP contribution in [-0.4, -0.2) is 16.3 Å². The SMILES string of the molecule is Cn1[nH]c(=O)c2c1CCC(CN)C2. The van der Waals surface area contributed by atoms with Crippen LogP contribution in [0.15, 0.2) is 4.79 Å². The van der Waals surface area contributed by atoms with Crippen LogP contribution in [0.2, 0.25) is 0 Å². The standard InChI is InChI=1S/C9H15N3O/c1-12-8-3-2-6(5-10)4-7(8)9(13)11-12/h6H,2-5,10H2,1H3,(H,11,13). The highest BCUT2D eigenvalue weighted by Crippen LogP contribution is 2.21. The first-order chi connectivity index (χ1) is 6.22. The first kappa shape index (κ1) is 8.56. The van der Waals surface area contributed by atoms with Crippen molar-refractivity contribution in [3.63, 3.8) is 0 Å². The molecule has 13 heavy (non-hydrogen) atoms. The van der Waals surface area contributed by atoms with Crippen LogP contribution in [0.25, 0.3) is 0 Å². The van der Waals surface area contributed by atoms with Crippen LogP contribution in [0.4, 0.5) is 0 Å². The summed E-state index contributed by atoms with van der Waals surface area (Å²) in [4.78, 5) is 11.4. The molecule has 4 heteroatoms. The molecule has 1 unspecified atom stereocenters. The maximum atomic E-state index is 11.4. The van der Waals surface area contributed by atoms with Gasteiger partial charge in [-0.15, -0.1) is 0 Å². The lowest BCUT2D eigenvalue weighted by atomic mass is 9.88. The zero-order valence-electron chi connectivity index (χ0n) is 7.84. The molecule has 3 N–H and O–H groups in total. The number of nitrogens with one attached hydrogen (secondary N) is 1. The van der Waals surface area contributed by atoms with E-state index in [0.717, 1.165) is 30.5 Å². The second kappa shape index (κ2) is 3.03. The highest BCUT2D eigenvalue weighted by molar-refractivity contribution is 5.21. The Kier molecular flexibility index (Phi) is 2.00. The van der Waals surface area contributed by atoms with E-state index in [0.29, 0.717) is 12.5 Å². The predicted octanol–water partition coefficient (Wildman–Crippen LogP) is -0.223. The molecule has 0 radical (unpaired) electrons. The van der Waals surface area contributed by atoms with Crippen molar-refractivity contribution < 1.29 is 0 Å². The van der Waals surface area contributed by atoms with Gasteiger partial charge < -0.3 is 5.73 Å². The van der Waals surface area contributed by atoms with Gasteiger partial charge in [-0.05, 0) is 31.7 Å². The molecule has 2 rings (SSSR count). The zero-order valence-corrected chi connectivity index (χ0v) is 7.84. The Labute approximate surface area is 76.7 Å². The van der Waals surface area contributed by atoms with Crippen molar-refractivity contribution in [3.8, 4) is 0 Å². The van der Waals surface area contributed by atoms with E-state index >= 15 is 0 Å². The average molecular weight is 181 g/mol. The third kappa shape index (κ3) is 1.31. The first-order valence-corrected chi connectivity index (χ1v) is 4.69. The van der Waals surface area contributed by atoms with Gasteiger partial charge in [-0.3, -0.25) is 14.6 Å². The molecule has 0 aliphatic heterocycles. The molecule has 1 aliphatic rings. The van der Waals surface area contributed by atoms with Crippen molar-refractivity contribution in [1.29, 1.82) is 0 Å². The number of hydrogen-bond donors (Lipinski definition) is 2. The maximum absolute atomic E-state index is 11.4. The van der Waals surface area contributed by atoms with E-state index in [1.165, 1.54) is 0 Å². The van der Waals surface area contributed by atoms with E-state index < -0.39 is 0 Å². The van der Waals surface area contributed by atoms with E-state index in [9.17, 15) is 4.79 Å². The lowest BCUT2D eigenvalue weighted by Crippen LogP contribution is -2.24. The smallest absolute Gasteiger partial charge is 0.267 e. The highest BCUT2D eigenvalue weighted by atomic mass is 16.1. The topological polar surface area (TPSA) is 63.8 Å².